The van der Waals surface area contributed by atoms with E-state index in [4.69, 9.17) is 0 Å². The molecule has 1 aromatic heterocycles. The molecule has 0 saturated carbocycles. The lowest BCUT2D eigenvalue weighted by Crippen LogP contribution is -2.43. The number of anilines is 2. The van der Waals surface area contributed by atoms with Gasteiger partial charge in [0.05, 0.1) is 0 Å². The van der Waals surface area contributed by atoms with Gasteiger partial charge in [-0.25, -0.2) is 9.97 Å². The Bertz CT molecular complexity index is 446. The third-order valence-corrected chi connectivity index (χ3v) is 3.92. The molecular formula is C14H25N5. The number of nitrogens with zero attached hydrogens (tertiary/aromatic N) is 3. The van der Waals surface area contributed by atoms with Crippen molar-refractivity contribution in [2.24, 2.45) is 5.92 Å². The lowest BCUT2D eigenvalue weighted by molar-refractivity contribution is 0.206. The first-order chi connectivity index (χ1) is 9.01. The van der Waals surface area contributed by atoms with E-state index in [2.05, 4.69) is 46.4 Å². The Morgan fingerprint density at radius 1 is 1.21 bits per heavy atom. The number of rotatable bonds is 3. The van der Waals surface area contributed by atoms with Crippen LogP contribution < -0.4 is 10.6 Å². The summed E-state index contributed by atoms with van der Waals surface area (Å²) < 4.78 is 0. The van der Waals surface area contributed by atoms with Crippen molar-refractivity contribution in [1.82, 2.24) is 14.9 Å². The van der Waals surface area contributed by atoms with Crippen molar-refractivity contribution < 1.29 is 0 Å². The van der Waals surface area contributed by atoms with Gasteiger partial charge < -0.3 is 15.5 Å². The van der Waals surface area contributed by atoms with Crippen LogP contribution in [0.25, 0.3) is 0 Å². The topological polar surface area (TPSA) is 53.1 Å². The highest BCUT2D eigenvalue weighted by Crippen LogP contribution is 2.24. The zero-order valence-corrected chi connectivity index (χ0v) is 12.6. The van der Waals surface area contributed by atoms with Crippen molar-refractivity contribution in [3.63, 3.8) is 0 Å². The van der Waals surface area contributed by atoms with E-state index in [1.807, 2.05) is 14.0 Å². The molecule has 5 nitrogen and oxygen atoms in total. The van der Waals surface area contributed by atoms with Crippen LogP contribution in [0.5, 0.6) is 0 Å². The number of aromatic nitrogens is 2. The van der Waals surface area contributed by atoms with Gasteiger partial charge in [-0.1, -0.05) is 6.92 Å². The molecule has 2 atom stereocenters. The molecule has 2 N–H and O–H groups in total. The maximum Gasteiger partial charge on any atom is 0.134 e. The number of hydrogen-bond acceptors (Lipinski definition) is 5. The summed E-state index contributed by atoms with van der Waals surface area (Å²) in [4.78, 5) is 11.3. The van der Waals surface area contributed by atoms with Crippen LogP contribution >= 0.6 is 0 Å². The van der Waals surface area contributed by atoms with Crippen LogP contribution in [0, 0.1) is 19.8 Å². The molecule has 106 valence electrons. The molecular weight excluding hydrogens is 238 g/mol. The van der Waals surface area contributed by atoms with Gasteiger partial charge in [-0.15, -0.1) is 0 Å². The molecule has 2 unspecified atom stereocenters. The van der Waals surface area contributed by atoms with Crippen molar-refractivity contribution in [2.45, 2.75) is 33.2 Å². The summed E-state index contributed by atoms with van der Waals surface area (Å²) in [6, 6.07) is 0.494. The highest BCUT2D eigenvalue weighted by atomic mass is 15.1. The summed E-state index contributed by atoms with van der Waals surface area (Å²) in [7, 11) is 4.09. The van der Waals surface area contributed by atoms with E-state index in [9.17, 15) is 0 Å². The molecule has 1 aliphatic rings. The first-order valence-electron chi connectivity index (χ1n) is 6.99. The van der Waals surface area contributed by atoms with Crippen LogP contribution in [0.3, 0.4) is 0 Å². The van der Waals surface area contributed by atoms with Crippen LogP contribution in [-0.4, -0.2) is 48.1 Å². The number of piperidine rings is 1. The molecule has 2 rings (SSSR count). The molecule has 0 bridgehead atoms. The zero-order valence-electron chi connectivity index (χ0n) is 12.6. The summed E-state index contributed by atoms with van der Waals surface area (Å²) in [6.45, 7) is 8.58. The van der Waals surface area contributed by atoms with Crippen LogP contribution in [0.2, 0.25) is 0 Å². The molecule has 2 heterocycles. The third kappa shape index (κ3) is 3.15. The quantitative estimate of drug-likeness (QED) is 0.872. The van der Waals surface area contributed by atoms with Crippen molar-refractivity contribution >= 4 is 11.6 Å². The molecule has 0 aliphatic carbocycles. The van der Waals surface area contributed by atoms with Gasteiger partial charge in [-0.3, -0.25) is 0 Å². The molecule has 1 aliphatic heterocycles. The fourth-order valence-electron chi connectivity index (χ4n) is 2.76. The lowest BCUT2D eigenvalue weighted by Gasteiger charge is -2.35. The second-order valence-corrected chi connectivity index (χ2v) is 5.62. The van der Waals surface area contributed by atoms with E-state index < -0.39 is 0 Å². The second-order valence-electron chi connectivity index (χ2n) is 5.62. The fraction of sp³-hybridized carbons (Fsp3) is 0.714. The fourth-order valence-corrected chi connectivity index (χ4v) is 2.76. The van der Waals surface area contributed by atoms with E-state index in [0.29, 0.717) is 12.0 Å². The average molecular weight is 263 g/mol. The predicted molar refractivity (Wildman–Crippen MR) is 79.7 cm³/mol. The molecule has 1 saturated heterocycles. The predicted octanol–water partition coefficient (Wildman–Crippen LogP) is 1.89. The maximum absolute atomic E-state index is 4.55. The molecule has 19 heavy (non-hydrogen) atoms. The van der Waals surface area contributed by atoms with Crippen molar-refractivity contribution in [2.75, 3.05) is 37.8 Å². The Morgan fingerprint density at radius 3 is 2.53 bits per heavy atom. The van der Waals surface area contributed by atoms with Crippen LogP contribution in [0.4, 0.5) is 11.6 Å². The minimum atomic E-state index is 0.494. The SMILES string of the molecule is CNc1nc(C)nc(NC2CCN(C)CC2C)c1C. The van der Waals surface area contributed by atoms with Crippen molar-refractivity contribution in [1.29, 1.82) is 0 Å². The van der Waals surface area contributed by atoms with Crippen LogP contribution in [0.1, 0.15) is 24.7 Å². The van der Waals surface area contributed by atoms with Crippen molar-refractivity contribution in [3.8, 4) is 0 Å². The Hall–Kier alpha value is -1.36. The molecule has 0 aromatic carbocycles. The second kappa shape index (κ2) is 5.74. The van der Waals surface area contributed by atoms with Crippen LogP contribution in [-0.2, 0) is 0 Å². The normalized spacial score (nSPS) is 24.3. The third-order valence-electron chi connectivity index (χ3n) is 3.92. The lowest BCUT2D eigenvalue weighted by atomic mass is 9.94. The highest BCUT2D eigenvalue weighted by Gasteiger charge is 2.25. The largest absolute Gasteiger partial charge is 0.373 e. The van der Waals surface area contributed by atoms with Crippen molar-refractivity contribution in [3.05, 3.63) is 11.4 Å². The Kier molecular flexibility index (Phi) is 4.24. The highest BCUT2D eigenvalue weighted by molar-refractivity contribution is 5.57. The standard InChI is InChI=1S/C14H25N5/c1-9-8-19(5)7-6-12(9)18-14-10(2)13(15-4)16-11(3)17-14/h9,12H,6-8H2,1-5H3,(H2,15,16,17,18). The molecule has 1 aromatic rings. The first-order valence-corrected chi connectivity index (χ1v) is 6.99. The molecule has 0 amide bonds. The van der Waals surface area contributed by atoms with Gasteiger partial charge in [0.2, 0.25) is 0 Å². The number of hydrogen-bond donors (Lipinski definition) is 2. The van der Waals surface area contributed by atoms with E-state index >= 15 is 0 Å². The molecule has 5 heteroatoms. The summed E-state index contributed by atoms with van der Waals surface area (Å²) >= 11 is 0. The van der Waals surface area contributed by atoms with E-state index in [-0.39, 0.29) is 0 Å². The van der Waals surface area contributed by atoms with E-state index in [1.165, 1.54) is 0 Å². The number of aryl methyl sites for hydroxylation is 1. The van der Waals surface area contributed by atoms with Gasteiger partial charge in [0, 0.05) is 25.2 Å². The Morgan fingerprint density at radius 2 is 1.89 bits per heavy atom. The minimum Gasteiger partial charge on any atom is -0.373 e. The van der Waals surface area contributed by atoms with Crippen LogP contribution in [0.15, 0.2) is 0 Å². The van der Waals surface area contributed by atoms with Gasteiger partial charge >= 0.3 is 0 Å². The van der Waals surface area contributed by atoms with Gasteiger partial charge in [0.25, 0.3) is 0 Å². The molecule has 0 spiro atoms. The summed E-state index contributed by atoms with van der Waals surface area (Å²) in [5, 5.41) is 6.75. The summed E-state index contributed by atoms with van der Waals surface area (Å²) in [6.07, 6.45) is 1.16. The Labute approximate surface area is 115 Å². The summed E-state index contributed by atoms with van der Waals surface area (Å²) in [5.41, 5.74) is 1.10. The van der Waals surface area contributed by atoms with Gasteiger partial charge in [0.1, 0.15) is 17.5 Å². The molecule has 0 radical (unpaired) electrons. The zero-order chi connectivity index (χ0) is 14.0. The van der Waals surface area contributed by atoms with Gasteiger partial charge in [-0.2, -0.15) is 0 Å². The smallest absolute Gasteiger partial charge is 0.134 e. The minimum absolute atomic E-state index is 0.494. The van der Waals surface area contributed by atoms with E-state index in [0.717, 1.165) is 42.5 Å². The van der Waals surface area contributed by atoms with E-state index in [1.54, 1.807) is 0 Å². The Balaban J connectivity index is 2.17. The summed E-state index contributed by atoms with van der Waals surface area (Å²) in [5.74, 6) is 3.32. The maximum atomic E-state index is 4.55. The number of likely N-dealkylation sites (tertiary alicyclic amines) is 1. The van der Waals surface area contributed by atoms with Gasteiger partial charge in [-0.05, 0) is 39.8 Å². The first kappa shape index (κ1) is 14.1. The molecule has 1 fully saturated rings. The monoisotopic (exact) mass is 263 g/mol. The van der Waals surface area contributed by atoms with Gasteiger partial charge in [0.15, 0.2) is 0 Å². The number of nitrogens with one attached hydrogen (secondary N) is 2. The average Bonchev–Trinajstić information content (AvgIpc) is 2.36.